The number of benzene rings is 2. The van der Waals surface area contributed by atoms with Crippen LogP contribution in [-0.4, -0.2) is 17.5 Å². The molecule has 1 aromatic heterocycles. The quantitative estimate of drug-likeness (QED) is 0.705. The van der Waals surface area contributed by atoms with Crippen molar-refractivity contribution in [3.05, 3.63) is 89.1 Å². The number of rotatable bonds is 7. The Kier molecular flexibility index (Phi) is 5.81. The Labute approximate surface area is 153 Å². The number of aryl methyl sites for hydroxylation is 2. The van der Waals surface area contributed by atoms with E-state index in [0.29, 0.717) is 5.89 Å². The number of nitrogens with one attached hydrogen (secondary N) is 1. The minimum absolute atomic E-state index is 0.0485. The van der Waals surface area contributed by atoms with Crippen molar-refractivity contribution >= 4 is 5.91 Å². The zero-order valence-electron chi connectivity index (χ0n) is 14.9. The average molecular weight is 350 g/mol. The van der Waals surface area contributed by atoms with Crippen molar-refractivity contribution in [1.82, 2.24) is 10.3 Å². The molecule has 3 rings (SSSR count). The summed E-state index contributed by atoms with van der Waals surface area (Å²) in [4.78, 5) is 16.4. The molecule has 5 heteroatoms. The van der Waals surface area contributed by atoms with Gasteiger partial charge in [0.15, 0.2) is 0 Å². The second kappa shape index (κ2) is 8.45. The van der Waals surface area contributed by atoms with Gasteiger partial charge in [0, 0.05) is 0 Å². The van der Waals surface area contributed by atoms with Crippen LogP contribution in [0.4, 0.5) is 0 Å². The normalized spacial score (nSPS) is 10.9. The van der Waals surface area contributed by atoms with Crippen LogP contribution < -0.4 is 5.32 Å². The van der Waals surface area contributed by atoms with Crippen LogP contribution in [0.1, 0.15) is 34.6 Å². The summed E-state index contributed by atoms with van der Waals surface area (Å²) < 4.78 is 11.4. The molecule has 26 heavy (non-hydrogen) atoms. The van der Waals surface area contributed by atoms with Gasteiger partial charge in [-0.05, 0) is 25.0 Å². The number of ether oxygens (including phenoxy) is 1. The summed E-state index contributed by atoms with van der Waals surface area (Å²) in [6.45, 7) is 3.92. The van der Waals surface area contributed by atoms with Gasteiger partial charge in [0.05, 0.1) is 12.2 Å². The van der Waals surface area contributed by atoms with Gasteiger partial charge < -0.3 is 14.5 Å². The van der Waals surface area contributed by atoms with Gasteiger partial charge in [0.2, 0.25) is 11.8 Å². The Morgan fingerprint density at radius 2 is 1.62 bits per heavy atom. The lowest BCUT2D eigenvalue weighted by molar-refractivity contribution is -0.127. The molecule has 0 fully saturated rings. The molecule has 1 heterocycles. The molecule has 134 valence electrons. The minimum Gasteiger partial charge on any atom is -0.444 e. The van der Waals surface area contributed by atoms with Crippen LogP contribution in [0, 0.1) is 13.8 Å². The molecule has 0 unspecified atom stereocenters. The number of amides is 1. The van der Waals surface area contributed by atoms with Crippen LogP contribution in [0.3, 0.4) is 0 Å². The maximum atomic E-state index is 12.2. The zero-order chi connectivity index (χ0) is 18.4. The average Bonchev–Trinajstić information content (AvgIpc) is 3.00. The lowest BCUT2D eigenvalue weighted by Crippen LogP contribution is -2.28. The third-order valence-corrected chi connectivity index (χ3v) is 4.10. The molecule has 5 nitrogen and oxygen atoms in total. The van der Waals surface area contributed by atoms with E-state index in [1.54, 1.807) is 0 Å². The van der Waals surface area contributed by atoms with Crippen LogP contribution in [0.25, 0.3) is 0 Å². The van der Waals surface area contributed by atoms with Gasteiger partial charge in [-0.15, -0.1) is 0 Å². The first-order valence-electron chi connectivity index (χ1n) is 8.54. The second-order valence-electron chi connectivity index (χ2n) is 6.04. The Morgan fingerprint density at radius 1 is 1.04 bits per heavy atom. The van der Waals surface area contributed by atoms with Crippen molar-refractivity contribution in [1.29, 1.82) is 0 Å². The molecule has 0 aliphatic heterocycles. The van der Waals surface area contributed by atoms with Crippen molar-refractivity contribution in [3.8, 4) is 0 Å². The molecular formula is C21H22N2O3. The second-order valence-corrected chi connectivity index (χ2v) is 6.04. The number of carbonyl (C=O) groups is 1. The number of hydrogen-bond acceptors (Lipinski definition) is 4. The Morgan fingerprint density at radius 3 is 2.12 bits per heavy atom. The molecule has 0 saturated carbocycles. The van der Waals surface area contributed by atoms with Gasteiger partial charge in [-0.2, -0.15) is 0 Å². The van der Waals surface area contributed by atoms with E-state index in [-0.39, 0.29) is 25.2 Å². The van der Waals surface area contributed by atoms with E-state index in [0.717, 1.165) is 22.6 Å². The Balaban J connectivity index is 1.61. The highest BCUT2D eigenvalue weighted by molar-refractivity contribution is 5.77. The van der Waals surface area contributed by atoms with Crippen molar-refractivity contribution in [2.45, 2.75) is 26.5 Å². The van der Waals surface area contributed by atoms with Gasteiger partial charge >= 0.3 is 0 Å². The Hall–Kier alpha value is -2.92. The van der Waals surface area contributed by atoms with E-state index < -0.39 is 0 Å². The number of aromatic nitrogens is 1. The number of nitrogens with zero attached hydrogens (tertiary/aromatic N) is 1. The first-order chi connectivity index (χ1) is 12.6. The smallest absolute Gasteiger partial charge is 0.246 e. The standard InChI is InChI=1S/C21H22N2O3/c1-15-16(2)26-20(23-15)13-22-19(24)14-25-21(17-9-5-3-6-10-17)18-11-7-4-8-12-18/h3-12,21H,13-14H2,1-2H3,(H,22,24). The molecule has 1 N–H and O–H groups in total. The zero-order valence-corrected chi connectivity index (χ0v) is 14.9. The van der Waals surface area contributed by atoms with E-state index in [4.69, 9.17) is 9.15 Å². The molecule has 1 amide bonds. The fraction of sp³-hybridized carbons (Fsp3) is 0.238. The van der Waals surface area contributed by atoms with Gasteiger partial charge in [-0.3, -0.25) is 4.79 Å². The van der Waals surface area contributed by atoms with E-state index in [9.17, 15) is 4.79 Å². The molecule has 0 atom stereocenters. The molecule has 0 saturated heterocycles. The molecule has 0 spiro atoms. The summed E-state index contributed by atoms with van der Waals surface area (Å²) in [6.07, 6.45) is -0.297. The highest BCUT2D eigenvalue weighted by Gasteiger charge is 2.16. The molecule has 0 radical (unpaired) electrons. The largest absolute Gasteiger partial charge is 0.444 e. The van der Waals surface area contributed by atoms with Crippen molar-refractivity contribution in [3.63, 3.8) is 0 Å². The predicted molar refractivity (Wildman–Crippen MR) is 98.5 cm³/mol. The molecule has 0 aliphatic rings. The summed E-state index contributed by atoms with van der Waals surface area (Å²) in [7, 11) is 0. The van der Waals surface area contributed by atoms with Crippen LogP contribution in [0.5, 0.6) is 0 Å². The molecule has 0 aliphatic carbocycles. The number of hydrogen-bond donors (Lipinski definition) is 1. The lowest BCUT2D eigenvalue weighted by atomic mass is 10.0. The maximum absolute atomic E-state index is 12.2. The maximum Gasteiger partial charge on any atom is 0.246 e. The first-order valence-corrected chi connectivity index (χ1v) is 8.54. The van der Waals surface area contributed by atoms with E-state index >= 15 is 0 Å². The Bertz CT molecular complexity index is 785. The van der Waals surface area contributed by atoms with Gasteiger partial charge in [-0.1, -0.05) is 60.7 Å². The van der Waals surface area contributed by atoms with Crippen molar-refractivity contribution in [2.24, 2.45) is 0 Å². The summed E-state index contributed by atoms with van der Waals surface area (Å²) in [5, 5.41) is 2.78. The summed E-state index contributed by atoms with van der Waals surface area (Å²) in [5.74, 6) is 1.05. The van der Waals surface area contributed by atoms with Crippen LogP contribution in [0.2, 0.25) is 0 Å². The van der Waals surface area contributed by atoms with E-state index in [1.807, 2.05) is 74.5 Å². The lowest BCUT2D eigenvalue weighted by Gasteiger charge is -2.18. The number of oxazole rings is 1. The molecular weight excluding hydrogens is 328 g/mol. The van der Waals surface area contributed by atoms with Gasteiger partial charge in [0.1, 0.15) is 18.5 Å². The first kappa shape index (κ1) is 17.9. The third kappa shape index (κ3) is 4.58. The summed E-state index contributed by atoms with van der Waals surface area (Å²) in [6, 6.07) is 19.7. The van der Waals surface area contributed by atoms with Crippen molar-refractivity contribution < 1.29 is 13.9 Å². The monoisotopic (exact) mass is 350 g/mol. The van der Waals surface area contributed by atoms with E-state index in [1.165, 1.54) is 0 Å². The highest BCUT2D eigenvalue weighted by atomic mass is 16.5. The minimum atomic E-state index is -0.297. The van der Waals surface area contributed by atoms with Crippen molar-refractivity contribution in [2.75, 3.05) is 6.61 Å². The molecule has 3 aromatic rings. The fourth-order valence-corrected chi connectivity index (χ4v) is 2.64. The summed E-state index contributed by atoms with van der Waals surface area (Å²) in [5.41, 5.74) is 2.84. The van der Waals surface area contributed by atoms with Crippen LogP contribution in [0.15, 0.2) is 65.1 Å². The SMILES string of the molecule is Cc1nc(CNC(=O)COC(c2ccccc2)c2ccccc2)oc1C. The van der Waals surface area contributed by atoms with E-state index in [2.05, 4.69) is 10.3 Å². The topological polar surface area (TPSA) is 64.4 Å². The molecule has 2 aromatic carbocycles. The summed E-state index contributed by atoms with van der Waals surface area (Å²) >= 11 is 0. The predicted octanol–water partition coefficient (Wildman–Crippen LogP) is 3.71. The third-order valence-electron chi connectivity index (χ3n) is 4.10. The fourth-order valence-electron chi connectivity index (χ4n) is 2.64. The number of carbonyl (C=O) groups excluding carboxylic acids is 1. The molecule has 0 bridgehead atoms. The highest BCUT2D eigenvalue weighted by Crippen LogP contribution is 2.25. The van der Waals surface area contributed by atoms with Crippen LogP contribution >= 0.6 is 0 Å². The van der Waals surface area contributed by atoms with Crippen LogP contribution in [-0.2, 0) is 16.1 Å². The van der Waals surface area contributed by atoms with Gasteiger partial charge in [0.25, 0.3) is 0 Å². The van der Waals surface area contributed by atoms with Gasteiger partial charge in [-0.25, -0.2) is 4.98 Å².